The molecular weight excluding hydrogens is 273 g/mol. The molecule has 0 atom stereocenters. The van der Waals surface area contributed by atoms with Crippen LogP contribution in [-0.4, -0.2) is 56.7 Å². The number of hydrogen-bond donors (Lipinski definition) is 1. The lowest BCUT2D eigenvalue weighted by atomic mass is 10.2. The fourth-order valence-corrected chi connectivity index (χ4v) is 2.33. The summed E-state index contributed by atoms with van der Waals surface area (Å²) in [5.41, 5.74) is 6.26. The van der Waals surface area contributed by atoms with E-state index in [0.29, 0.717) is 45.1 Å². The first-order valence-corrected chi connectivity index (χ1v) is 7.27. The maximum absolute atomic E-state index is 13.4. The molecule has 0 spiro atoms. The molecule has 1 aromatic carbocycles. The summed E-state index contributed by atoms with van der Waals surface area (Å²) in [6.45, 7) is 3.81. The van der Waals surface area contributed by atoms with Crippen LogP contribution in [0.25, 0.3) is 0 Å². The van der Waals surface area contributed by atoms with Crippen molar-refractivity contribution >= 4 is 11.6 Å². The normalized spacial score (nSPS) is 15.0. The van der Waals surface area contributed by atoms with Crippen LogP contribution in [-0.2, 0) is 9.53 Å². The number of halogens is 1. The van der Waals surface area contributed by atoms with Crippen LogP contribution in [0.1, 0.15) is 6.42 Å². The number of carbonyl (C=O) groups excluding carboxylic acids is 1. The Hall–Kier alpha value is -1.66. The summed E-state index contributed by atoms with van der Waals surface area (Å²) in [4.78, 5) is 16.0. The highest BCUT2D eigenvalue weighted by Crippen LogP contribution is 2.16. The molecule has 116 valence electrons. The van der Waals surface area contributed by atoms with Crippen LogP contribution in [0.3, 0.4) is 0 Å². The lowest BCUT2D eigenvalue weighted by molar-refractivity contribution is -0.133. The third-order valence-corrected chi connectivity index (χ3v) is 3.50. The van der Waals surface area contributed by atoms with Crippen molar-refractivity contribution in [1.82, 2.24) is 4.90 Å². The molecule has 0 bridgehead atoms. The number of nitrogens with zero attached hydrogens (tertiary/aromatic N) is 2. The molecule has 1 aromatic rings. The quantitative estimate of drug-likeness (QED) is 0.845. The second-order valence-corrected chi connectivity index (χ2v) is 5.04. The molecule has 1 amide bonds. The van der Waals surface area contributed by atoms with E-state index in [2.05, 4.69) is 0 Å². The van der Waals surface area contributed by atoms with E-state index < -0.39 is 0 Å². The van der Waals surface area contributed by atoms with Crippen molar-refractivity contribution in [3.05, 3.63) is 30.1 Å². The van der Waals surface area contributed by atoms with Gasteiger partial charge >= 0.3 is 0 Å². The molecule has 1 saturated heterocycles. The molecule has 0 unspecified atom stereocenters. The molecule has 2 N–H and O–H groups in total. The monoisotopic (exact) mass is 295 g/mol. The summed E-state index contributed by atoms with van der Waals surface area (Å²) >= 11 is 0. The molecule has 0 aromatic heterocycles. The van der Waals surface area contributed by atoms with E-state index in [9.17, 15) is 9.18 Å². The number of amides is 1. The minimum absolute atomic E-state index is 0.0413. The van der Waals surface area contributed by atoms with Crippen LogP contribution in [0.15, 0.2) is 24.3 Å². The van der Waals surface area contributed by atoms with Crippen LogP contribution in [0.5, 0.6) is 0 Å². The molecule has 5 nitrogen and oxygen atoms in total. The third-order valence-electron chi connectivity index (χ3n) is 3.50. The minimum atomic E-state index is -0.302. The zero-order valence-corrected chi connectivity index (χ0v) is 12.1. The SMILES string of the molecule is NCCCN(CC(=O)N1CCOCC1)c1cccc(F)c1. The van der Waals surface area contributed by atoms with Gasteiger partial charge in [-0.1, -0.05) is 6.07 Å². The molecule has 6 heteroatoms. The van der Waals surface area contributed by atoms with E-state index in [0.717, 1.165) is 6.42 Å². The number of anilines is 1. The Bertz CT molecular complexity index is 464. The number of rotatable bonds is 6. The van der Waals surface area contributed by atoms with Gasteiger partial charge in [-0.15, -0.1) is 0 Å². The van der Waals surface area contributed by atoms with Crippen molar-refractivity contribution in [1.29, 1.82) is 0 Å². The van der Waals surface area contributed by atoms with Gasteiger partial charge in [0.15, 0.2) is 0 Å². The molecule has 0 saturated carbocycles. The van der Waals surface area contributed by atoms with Crippen LogP contribution < -0.4 is 10.6 Å². The molecule has 0 aliphatic carbocycles. The Kier molecular flexibility index (Phi) is 5.95. The van der Waals surface area contributed by atoms with Gasteiger partial charge in [-0.25, -0.2) is 4.39 Å². The van der Waals surface area contributed by atoms with Crippen LogP contribution in [0.4, 0.5) is 10.1 Å². The molecule has 1 heterocycles. The summed E-state index contributed by atoms with van der Waals surface area (Å²) in [7, 11) is 0. The van der Waals surface area contributed by atoms with Gasteiger partial charge in [0.1, 0.15) is 5.82 Å². The van der Waals surface area contributed by atoms with Gasteiger partial charge in [0, 0.05) is 25.3 Å². The molecule has 1 fully saturated rings. The van der Waals surface area contributed by atoms with Gasteiger partial charge in [-0.3, -0.25) is 4.79 Å². The number of nitrogens with two attached hydrogens (primary N) is 1. The van der Waals surface area contributed by atoms with Crippen molar-refractivity contribution in [3.63, 3.8) is 0 Å². The van der Waals surface area contributed by atoms with E-state index in [-0.39, 0.29) is 18.3 Å². The van der Waals surface area contributed by atoms with Crippen LogP contribution in [0.2, 0.25) is 0 Å². The Morgan fingerprint density at radius 2 is 2.14 bits per heavy atom. The van der Waals surface area contributed by atoms with E-state index in [1.165, 1.54) is 12.1 Å². The summed E-state index contributed by atoms with van der Waals surface area (Å²) in [6.07, 6.45) is 0.757. The van der Waals surface area contributed by atoms with E-state index in [4.69, 9.17) is 10.5 Å². The smallest absolute Gasteiger partial charge is 0.242 e. The predicted octanol–water partition coefficient (Wildman–Crippen LogP) is 0.840. The Morgan fingerprint density at radius 3 is 2.81 bits per heavy atom. The molecule has 0 radical (unpaired) electrons. The zero-order valence-electron chi connectivity index (χ0n) is 12.1. The maximum Gasteiger partial charge on any atom is 0.242 e. The van der Waals surface area contributed by atoms with Crippen molar-refractivity contribution in [3.8, 4) is 0 Å². The average Bonchev–Trinajstić information content (AvgIpc) is 2.52. The summed E-state index contributed by atoms with van der Waals surface area (Å²) in [6, 6.07) is 6.31. The lowest BCUT2D eigenvalue weighted by Crippen LogP contribution is -2.46. The summed E-state index contributed by atoms with van der Waals surface area (Å²) in [5.74, 6) is -0.261. The predicted molar refractivity (Wildman–Crippen MR) is 79.7 cm³/mol. The Morgan fingerprint density at radius 1 is 1.38 bits per heavy atom. The van der Waals surface area contributed by atoms with Gasteiger partial charge in [0.05, 0.1) is 19.8 Å². The first-order valence-electron chi connectivity index (χ1n) is 7.27. The number of carbonyl (C=O) groups is 1. The summed E-state index contributed by atoms with van der Waals surface area (Å²) < 4.78 is 18.6. The van der Waals surface area contributed by atoms with Gasteiger partial charge in [-0.05, 0) is 31.2 Å². The highest BCUT2D eigenvalue weighted by atomic mass is 19.1. The number of benzene rings is 1. The maximum atomic E-state index is 13.4. The fraction of sp³-hybridized carbons (Fsp3) is 0.533. The molecule has 1 aliphatic heterocycles. The largest absolute Gasteiger partial charge is 0.378 e. The molecule has 1 aliphatic rings. The highest BCUT2D eigenvalue weighted by molar-refractivity contribution is 5.81. The molecule has 2 rings (SSSR count). The third kappa shape index (κ3) is 4.68. The molecular formula is C15H22FN3O2. The number of hydrogen-bond acceptors (Lipinski definition) is 4. The van der Waals surface area contributed by atoms with Crippen LogP contribution in [0, 0.1) is 5.82 Å². The first-order chi connectivity index (χ1) is 10.2. The van der Waals surface area contributed by atoms with Gasteiger partial charge in [-0.2, -0.15) is 0 Å². The Balaban J connectivity index is 2.03. The van der Waals surface area contributed by atoms with Crippen molar-refractivity contribution in [2.75, 3.05) is 50.8 Å². The minimum Gasteiger partial charge on any atom is -0.378 e. The van der Waals surface area contributed by atoms with Crippen molar-refractivity contribution < 1.29 is 13.9 Å². The van der Waals surface area contributed by atoms with E-state index in [1.807, 2.05) is 11.0 Å². The zero-order chi connectivity index (χ0) is 15.1. The second kappa shape index (κ2) is 7.95. The second-order valence-electron chi connectivity index (χ2n) is 5.04. The standard InChI is InChI=1S/C15H22FN3O2/c16-13-3-1-4-14(11-13)19(6-2-5-17)12-15(20)18-7-9-21-10-8-18/h1,3-4,11H,2,5-10,12,17H2. The van der Waals surface area contributed by atoms with Crippen molar-refractivity contribution in [2.45, 2.75) is 6.42 Å². The van der Waals surface area contributed by atoms with Crippen LogP contribution >= 0.6 is 0 Å². The number of ether oxygens (including phenoxy) is 1. The fourth-order valence-electron chi connectivity index (χ4n) is 2.33. The van der Waals surface area contributed by atoms with E-state index in [1.54, 1.807) is 11.0 Å². The van der Waals surface area contributed by atoms with Gasteiger partial charge in [0.2, 0.25) is 5.91 Å². The first kappa shape index (κ1) is 15.7. The summed E-state index contributed by atoms with van der Waals surface area (Å²) in [5, 5.41) is 0. The van der Waals surface area contributed by atoms with Gasteiger partial charge in [0.25, 0.3) is 0 Å². The topological polar surface area (TPSA) is 58.8 Å². The highest BCUT2D eigenvalue weighted by Gasteiger charge is 2.20. The van der Waals surface area contributed by atoms with Gasteiger partial charge < -0.3 is 20.3 Å². The van der Waals surface area contributed by atoms with E-state index >= 15 is 0 Å². The van der Waals surface area contributed by atoms with Crippen molar-refractivity contribution in [2.24, 2.45) is 5.73 Å². The lowest BCUT2D eigenvalue weighted by Gasteiger charge is -2.31. The molecule has 21 heavy (non-hydrogen) atoms. The number of morpholine rings is 1. The Labute approximate surface area is 124 Å². The average molecular weight is 295 g/mol.